The summed E-state index contributed by atoms with van der Waals surface area (Å²) in [7, 11) is 0. The summed E-state index contributed by atoms with van der Waals surface area (Å²) >= 11 is 7.58. The summed E-state index contributed by atoms with van der Waals surface area (Å²) in [6, 6.07) is 13.3. The minimum Gasteiger partial charge on any atom is -0.341 e. The zero-order chi connectivity index (χ0) is 16.1. The number of thiophene rings is 1. The molecule has 0 spiro atoms. The van der Waals surface area contributed by atoms with E-state index in [4.69, 9.17) is 12.2 Å². The molecule has 2 nitrogen and oxygen atoms in total. The molecule has 4 heteroatoms. The van der Waals surface area contributed by atoms with Crippen LogP contribution in [0.1, 0.15) is 42.5 Å². The largest absolute Gasteiger partial charge is 0.341 e. The van der Waals surface area contributed by atoms with Crippen molar-refractivity contribution in [2.24, 2.45) is 0 Å². The Hall–Kier alpha value is -1.39. The molecule has 0 saturated heterocycles. The summed E-state index contributed by atoms with van der Waals surface area (Å²) in [4.78, 5) is 3.78. The van der Waals surface area contributed by atoms with E-state index in [0.717, 1.165) is 17.3 Å². The Balaban J connectivity index is 1.72. The molecule has 0 atom stereocenters. The van der Waals surface area contributed by atoms with E-state index in [9.17, 15) is 0 Å². The molecule has 1 fully saturated rings. The maximum absolute atomic E-state index is 5.76. The third kappa shape index (κ3) is 4.55. The van der Waals surface area contributed by atoms with Crippen molar-refractivity contribution in [3.63, 3.8) is 0 Å². The zero-order valence-corrected chi connectivity index (χ0v) is 15.3. The lowest BCUT2D eigenvalue weighted by atomic mass is 9.94. The van der Waals surface area contributed by atoms with Gasteiger partial charge in [-0.25, -0.2) is 0 Å². The van der Waals surface area contributed by atoms with Gasteiger partial charge in [-0.3, -0.25) is 0 Å². The first kappa shape index (κ1) is 16.5. The topological polar surface area (TPSA) is 15.3 Å². The van der Waals surface area contributed by atoms with Gasteiger partial charge in [-0.1, -0.05) is 43.0 Å². The van der Waals surface area contributed by atoms with Crippen molar-refractivity contribution in [2.45, 2.75) is 51.6 Å². The number of nitrogens with one attached hydrogen (secondary N) is 1. The highest BCUT2D eigenvalue weighted by atomic mass is 32.1. The number of aryl methyl sites for hydroxylation is 1. The molecule has 1 aromatic heterocycles. The molecule has 2 aromatic rings. The quantitative estimate of drug-likeness (QED) is 0.728. The molecule has 0 unspecified atom stereocenters. The first-order valence-electron chi connectivity index (χ1n) is 8.39. The van der Waals surface area contributed by atoms with Crippen molar-refractivity contribution < 1.29 is 0 Å². The summed E-state index contributed by atoms with van der Waals surface area (Å²) in [5, 5.41) is 6.44. The van der Waals surface area contributed by atoms with Gasteiger partial charge in [-0.2, -0.15) is 0 Å². The molecule has 0 aliphatic heterocycles. The second-order valence-electron chi connectivity index (χ2n) is 6.30. The van der Waals surface area contributed by atoms with Gasteiger partial charge in [-0.05, 0) is 55.6 Å². The van der Waals surface area contributed by atoms with Crippen molar-refractivity contribution in [1.29, 1.82) is 0 Å². The van der Waals surface area contributed by atoms with Gasteiger partial charge in [0.15, 0.2) is 5.11 Å². The van der Waals surface area contributed by atoms with Crippen molar-refractivity contribution in [3.8, 4) is 0 Å². The Morgan fingerprint density at radius 1 is 1.17 bits per heavy atom. The number of hydrogen-bond acceptors (Lipinski definition) is 2. The minimum absolute atomic E-state index is 0.566. The Labute approximate surface area is 148 Å². The smallest absolute Gasteiger partial charge is 0.174 e. The van der Waals surface area contributed by atoms with Crippen molar-refractivity contribution in [2.75, 3.05) is 5.32 Å². The van der Waals surface area contributed by atoms with Gasteiger partial charge < -0.3 is 10.2 Å². The van der Waals surface area contributed by atoms with E-state index in [1.54, 1.807) is 0 Å². The van der Waals surface area contributed by atoms with Gasteiger partial charge in [-0.15, -0.1) is 11.3 Å². The van der Waals surface area contributed by atoms with Crippen LogP contribution in [0.3, 0.4) is 0 Å². The highest BCUT2D eigenvalue weighted by Gasteiger charge is 2.23. The average molecular weight is 345 g/mol. The first-order valence-corrected chi connectivity index (χ1v) is 9.68. The van der Waals surface area contributed by atoms with E-state index in [0.29, 0.717) is 6.04 Å². The maximum atomic E-state index is 5.76. The highest BCUT2D eigenvalue weighted by molar-refractivity contribution is 7.80. The van der Waals surface area contributed by atoms with Crippen LogP contribution < -0.4 is 5.32 Å². The molecule has 0 radical (unpaired) electrons. The molecule has 1 heterocycles. The van der Waals surface area contributed by atoms with Gasteiger partial charge in [0.1, 0.15) is 0 Å². The van der Waals surface area contributed by atoms with Crippen molar-refractivity contribution in [3.05, 3.63) is 52.2 Å². The second kappa shape index (κ2) is 7.93. The standard InChI is InChI=1S/C19H24N2S2/c1-15-9-11-16(12-10-15)20-19(22)21(14-18-8-5-13-23-18)17-6-3-2-4-7-17/h5,8-13,17H,2-4,6-7,14H2,1H3,(H,20,22). The molecule has 122 valence electrons. The molecule has 0 bridgehead atoms. The van der Waals surface area contributed by atoms with E-state index in [2.05, 4.69) is 58.9 Å². The van der Waals surface area contributed by atoms with E-state index in [1.165, 1.54) is 42.5 Å². The fourth-order valence-corrected chi connectivity index (χ4v) is 4.20. The number of hydrogen-bond donors (Lipinski definition) is 1. The normalized spacial score (nSPS) is 15.3. The van der Waals surface area contributed by atoms with Crippen LogP contribution in [-0.2, 0) is 6.54 Å². The summed E-state index contributed by atoms with van der Waals surface area (Å²) in [6.07, 6.45) is 6.50. The van der Waals surface area contributed by atoms with E-state index in [1.807, 2.05) is 11.3 Å². The molecule has 1 aliphatic carbocycles. The summed E-state index contributed by atoms with van der Waals surface area (Å²) in [5.74, 6) is 0. The summed E-state index contributed by atoms with van der Waals surface area (Å²) < 4.78 is 0. The van der Waals surface area contributed by atoms with Gasteiger partial charge >= 0.3 is 0 Å². The van der Waals surface area contributed by atoms with Crippen LogP contribution >= 0.6 is 23.6 Å². The Kier molecular flexibility index (Phi) is 5.68. The molecule has 23 heavy (non-hydrogen) atoms. The molecule has 0 amide bonds. The number of benzene rings is 1. The van der Waals surface area contributed by atoms with Gasteiger partial charge in [0.2, 0.25) is 0 Å². The van der Waals surface area contributed by atoms with Gasteiger partial charge in [0, 0.05) is 16.6 Å². The number of thiocarbonyl (C=S) groups is 1. The van der Waals surface area contributed by atoms with E-state index in [-0.39, 0.29) is 0 Å². The molecule has 1 N–H and O–H groups in total. The SMILES string of the molecule is Cc1ccc(NC(=S)N(Cc2cccs2)C2CCCCC2)cc1. The monoisotopic (exact) mass is 344 g/mol. The molecular formula is C19H24N2S2. The molecule has 3 rings (SSSR count). The zero-order valence-electron chi connectivity index (χ0n) is 13.6. The lowest BCUT2D eigenvalue weighted by Gasteiger charge is -2.36. The Morgan fingerprint density at radius 3 is 2.57 bits per heavy atom. The van der Waals surface area contributed by atoms with E-state index < -0.39 is 0 Å². The average Bonchev–Trinajstić information content (AvgIpc) is 3.09. The van der Waals surface area contributed by atoms with Crippen molar-refractivity contribution in [1.82, 2.24) is 4.90 Å². The predicted octanol–water partition coefficient (Wildman–Crippen LogP) is 5.59. The predicted molar refractivity (Wildman–Crippen MR) is 104 cm³/mol. The van der Waals surface area contributed by atoms with Gasteiger partial charge in [0.25, 0.3) is 0 Å². The number of rotatable bonds is 4. The number of anilines is 1. The summed E-state index contributed by atoms with van der Waals surface area (Å²) in [5.41, 5.74) is 2.34. The molecule has 1 aliphatic rings. The fraction of sp³-hybridized carbons (Fsp3) is 0.421. The van der Waals surface area contributed by atoms with E-state index >= 15 is 0 Å². The molecular weight excluding hydrogens is 320 g/mol. The maximum Gasteiger partial charge on any atom is 0.174 e. The lowest BCUT2D eigenvalue weighted by Crippen LogP contribution is -2.43. The summed E-state index contributed by atoms with van der Waals surface area (Å²) in [6.45, 7) is 3.02. The third-order valence-electron chi connectivity index (χ3n) is 4.49. The molecule has 1 aromatic carbocycles. The van der Waals surface area contributed by atoms with Crippen LogP contribution in [0.5, 0.6) is 0 Å². The van der Waals surface area contributed by atoms with Crippen molar-refractivity contribution >= 4 is 34.4 Å². The molecule has 1 saturated carbocycles. The minimum atomic E-state index is 0.566. The highest BCUT2D eigenvalue weighted by Crippen LogP contribution is 2.26. The van der Waals surface area contributed by atoms with Gasteiger partial charge in [0.05, 0.1) is 6.54 Å². The van der Waals surface area contributed by atoms with Crippen LogP contribution in [0.2, 0.25) is 0 Å². The second-order valence-corrected chi connectivity index (χ2v) is 7.71. The Bertz CT molecular complexity index is 613. The van der Waals surface area contributed by atoms with Crippen LogP contribution in [-0.4, -0.2) is 16.1 Å². The van der Waals surface area contributed by atoms with Crippen LogP contribution in [0.15, 0.2) is 41.8 Å². The Morgan fingerprint density at radius 2 is 1.91 bits per heavy atom. The lowest BCUT2D eigenvalue weighted by molar-refractivity contribution is 0.242. The fourth-order valence-electron chi connectivity index (χ4n) is 3.16. The first-order chi connectivity index (χ1) is 11.2. The third-order valence-corrected chi connectivity index (χ3v) is 5.68. The van der Waals surface area contributed by atoms with Crippen LogP contribution in [0.25, 0.3) is 0 Å². The van der Waals surface area contributed by atoms with Crippen LogP contribution in [0.4, 0.5) is 5.69 Å². The van der Waals surface area contributed by atoms with Crippen LogP contribution in [0, 0.1) is 6.92 Å². The number of nitrogens with zero attached hydrogens (tertiary/aromatic N) is 1.